The molecule has 2 N–H and O–H groups in total. The van der Waals surface area contributed by atoms with E-state index in [4.69, 9.17) is 10.5 Å². The van der Waals surface area contributed by atoms with Gasteiger partial charge in [0, 0.05) is 5.69 Å². The van der Waals surface area contributed by atoms with E-state index >= 15 is 0 Å². The first-order valence-electron chi connectivity index (χ1n) is 6.99. The Balaban J connectivity index is 2.06. The van der Waals surface area contributed by atoms with E-state index in [0.29, 0.717) is 19.1 Å². The second-order valence-corrected chi connectivity index (χ2v) is 4.88. The van der Waals surface area contributed by atoms with Gasteiger partial charge in [-0.2, -0.15) is 0 Å². The van der Waals surface area contributed by atoms with E-state index in [1.807, 2.05) is 54.8 Å². The van der Waals surface area contributed by atoms with Crippen LogP contribution in [0.3, 0.4) is 0 Å². The summed E-state index contributed by atoms with van der Waals surface area (Å²) < 4.78 is 7.57. The summed E-state index contributed by atoms with van der Waals surface area (Å²) in [5.41, 5.74) is 9.78. The molecule has 0 saturated heterocycles. The zero-order valence-electron chi connectivity index (χ0n) is 12.2. The van der Waals surface area contributed by atoms with Crippen LogP contribution in [0.5, 0.6) is 5.75 Å². The standard InChI is InChI=1S/C16H18N4O/c1-3-21-14-9-5-8-13-15(14)19-16(17)20(13)10-12-7-4-6-11(2)18-12/h4-9H,3,10H2,1-2H3,(H2,17,19). The van der Waals surface area contributed by atoms with Crippen LogP contribution in [0.4, 0.5) is 5.95 Å². The summed E-state index contributed by atoms with van der Waals surface area (Å²) in [6, 6.07) is 11.8. The Hall–Kier alpha value is -2.56. The molecule has 108 valence electrons. The van der Waals surface area contributed by atoms with Gasteiger partial charge >= 0.3 is 0 Å². The lowest BCUT2D eigenvalue weighted by Crippen LogP contribution is -2.06. The Morgan fingerprint density at radius 3 is 2.71 bits per heavy atom. The fraction of sp³-hybridized carbons (Fsp3) is 0.250. The van der Waals surface area contributed by atoms with Crippen molar-refractivity contribution in [3.05, 3.63) is 47.8 Å². The van der Waals surface area contributed by atoms with Crippen molar-refractivity contribution in [3.63, 3.8) is 0 Å². The van der Waals surface area contributed by atoms with Gasteiger partial charge in [-0.1, -0.05) is 12.1 Å². The number of nitrogens with zero attached hydrogens (tertiary/aromatic N) is 3. The lowest BCUT2D eigenvalue weighted by molar-refractivity contribution is 0.343. The minimum absolute atomic E-state index is 0.473. The summed E-state index contributed by atoms with van der Waals surface area (Å²) in [4.78, 5) is 8.96. The third kappa shape index (κ3) is 2.54. The SMILES string of the molecule is CCOc1cccc2c1nc(N)n2Cc1cccc(C)n1. The second-order valence-electron chi connectivity index (χ2n) is 4.88. The van der Waals surface area contributed by atoms with Gasteiger partial charge in [0.15, 0.2) is 0 Å². The van der Waals surface area contributed by atoms with Gasteiger partial charge in [0.1, 0.15) is 11.3 Å². The summed E-state index contributed by atoms with van der Waals surface area (Å²) in [6.45, 7) is 5.13. The third-order valence-electron chi connectivity index (χ3n) is 3.34. The molecule has 5 nitrogen and oxygen atoms in total. The molecule has 0 saturated carbocycles. The molecule has 0 unspecified atom stereocenters. The normalized spacial score (nSPS) is 11.0. The average Bonchev–Trinajstić information content (AvgIpc) is 2.77. The van der Waals surface area contributed by atoms with Crippen molar-refractivity contribution in [2.45, 2.75) is 20.4 Å². The number of aryl methyl sites for hydroxylation is 1. The van der Waals surface area contributed by atoms with Gasteiger partial charge in [0.05, 0.1) is 24.4 Å². The van der Waals surface area contributed by atoms with Gasteiger partial charge in [-0.05, 0) is 38.1 Å². The first-order valence-corrected chi connectivity index (χ1v) is 6.99. The predicted octanol–water partition coefficient (Wildman–Crippen LogP) is 2.77. The molecule has 2 aromatic heterocycles. The molecular weight excluding hydrogens is 264 g/mol. The first-order chi connectivity index (χ1) is 10.2. The highest BCUT2D eigenvalue weighted by atomic mass is 16.5. The Bertz CT molecular complexity index is 779. The van der Waals surface area contributed by atoms with E-state index in [9.17, 15) is 0 Å². The Morgan fingerprint density at radius 1 is 1.14 bits per heavy atom. The van der Waals surface area contributed by atoms with Crippen LogP contribution in [-0.4, -0.2) is 21.1 Å². The zero-order chi connectivity index (χ0) is 14.8. The van der Waals surface area contributed by atoms with Gasteiger partial charge in [-0.15, -0.1) is 0 Å². The van der Waals surface area contributed by atoms with E-state index in [1.54, 1.807) is 0 Å². The molecule has 0 atom stereocenters. The minimum Gasteiger partial charge on any atom is -0.492 e. The Morgan fingerprint density at radius 2 is 1.95 bits per heavy atom. The van der Waals surface area contributed by atoms with Crippen molar-refractivity contribution in [3.8, 4) is 5.75 Å². The molecule has 0 bridgehead atoms. The highest BCUT2D eigenvalue weighted by molar-refractivity contribution is 5.84. The van der Waals surface area contributed by atoms with Crippen LogP contribution in [0.25, 0.3) is 11.0 Å². The van der Waals surface area contributed by atoms with E-state index < -0.39 is 0 Å². The van der Waals surface area contributed by atoms with E-state index in [-0.39, 0.29) is 0 Å². The van der Waals surface area contributed by atoms with Crippen LogP contribution >= 0.6 is 0 Å². The molecule has 2 heterocycles. The van der Waals surface area contributed by atoms with E-state index in [1.165, 1.54) is 0 Å². The molecule has 5 heteroatoms. The summed E-state index contributed by atoms with van der Waals surface area (Å²) in [5.74, 6) is 1.23. The first kappa shape index (κ1) is 13.4. The fourth-order valence-electron chi connectivity index (χ4n) is 2.43. The number of nitrogens with two attached hydrogens (primary N) is 1. The van der Waals surface area contributed by atoms with Crippen molar-refractivity contribution in [1.29, 1.82) is 0 Å². The molecule has 1 aromatic carbocycles. The zero-order valence-corrected chi connectivity index (χ0v) is 12.2. The average molecular weight is 282 g/mol. The lowest BCUT2D eigenvalue weighted by Gasteiger charge is -2.07. The maximum Gasteiger partial charge on any atom is 0.201 e. The van der Waals surface area contributed by atoms with Crippen LogP contribution < -0.4 is 10.5 Å². The quantitative estimate of drug-likeness (QED) is 0.799. The van der Waals surface area contributed by atoms with E-state index in [2.05, 4.69) is 9.97 Å². The van der Waals surface area contributed by atoms with Gasteiger partial charge in [-0.3, -0.25) is 4.98 Å². The van der Waals surface area contributed by atoms with Crippen LogP contribution in [-0.2, 0) is 6.54 Å². The highest BCUT2D eigenvalue weighted by Crippen LogP contribution is 2.27. The number of nitrogen functional groups attached to an aromatic ring is 1. The number of hydrogen-bond donors (Lipinski definition) is 1. The van der Waals surface area contributed by atoms with Crippen molar-refractivity contribution >= 4 is 17.0 Å². The number of ether oxygens (including phenoxy) is 1. The fourth-order valence-corrected chi connectivity index (χ4v) is 2.43. The second kappa shape index (κ2) is 5.44. The largest absolute Gasteiger partial charge is 0.492 e. The number of aromatic nitrogens is 3. The topological polar surface area (TPSA) is 66.0 Å². The molecule has 0 aliphatic carbocycles. The highest BCUT2D eigenvalue weighted by Gasteiger charge is 2.12. The van der Waals surface area contributed by atoms with Gasteiger partial charge in [-0.25, -0.2) is 4.98 Å². The number of imidazole rings is 1. The van der Waals surface area contributed by atoms with Gasteiger partial charge in [0.2, 0.25) is 5.95 Å². The van der Waals surface area contributed by atoms with E-state index in [0.717, 1.165) is 28.2 Å². The minimum atomic E-state index is 0.473. The molecule has 0 radical (unpaired) electrons. The third-order valence-corrected chi connectivity index (χ3v) is 3.34. The van der Waals surface area contributed by atoms with Crippen molar-refractivity contribution in [2.75, 3.05) is 12.3 Å². The van der Waals surface area contributed by atoms with Crippen molar-refractivity contribution < 1.29 is 4.74 Å². The van der Waals surface area contributed by atoms with Crippen LogP contribution in [0.1, 0.15) is 18.3 Å². The summed E-state index contributed by atoms with van der Waals surface area (Å²) in [5, 5.41) is 0. The molecule has 0 spiro atoms. The molecular formula is C16H18N4O. The van der Waals surface area contributed by atoms with Crippen LogP contribution in [0.15, 0.2) is 36.4 Å². The molecule has 0 fully saturated rings. The summed E-state index contributed by atoms with van der Waals surface area (Å²) in [6.07, 6.45) is 0. The van der Waals surface area contributed by atoms with Gasteiger partial charge in [0.25, 0.3) is 0 Å². The molecule has 0 aliphatic rings. The van der Waals surface area contributed by atoms with Crippen molar-refractivity contribution in [1.82, 2.24) is 14.5 Å². The van der Waals surface area contributed by atoms with Crippen molar-refractivity contribution in [2.24, 2.45) is 0 Å². The molecule has 0 amide bonds. The number of anilines is 1. The molecule has 0 aliphatic heterocycles. The lowest BCUT2D eigenvalue weighted by atomic mass is 10.2. The predicted molar refractivity (Wildman–Crippen MR) is 83.4 cm³/mol. The number of para-hydroxylation sites is 1. The molecule has 21 heavy (non-hydrogen) atoms. The Kier molecular flexibility index (Phi) is 3.48. The summed E-state index contributed by atoms with van der Waals surface area (Å²) in [7, 11) is 0. The van der Waals surface area contributed by atoms with Gasteiger partial charge < -0.3 is 15.0 Å². The Labute approximate surface area is 123 Å². The monoisotopic (exact) mass is 282 g/mol. The maximum atomic E-state index is 6.07. The number of rotatable bonds is 4. The smallest absolute Gasteiger partial charge is 0.201 e. The number of pyridine rings is 1. The van der Waals surface area contributed by atoms with Crippen LogP contribution in [0, 0.1) is 6.92 Å². The number of hydrogen-bond acceptors (Lipinski definition) is 4. The van der Waals surface area contributed by atoms with Crippen LogP contribution in [0.2, 0.25) is 0 Å². The maximum absolute atomic E-state index is 6.07. The number of fused-ring (bicyclic) bond motifs is 1. The summed E-state index contributed by atoms with van der Waals surface area (Å²) >= 11 is 0. The molecule has 3 aromatic rings. The molecule has 3 rings (SSSR count). The number of benzene rings is 1.